The van der Waals surface area contributed by atoms with Crippen LogP contribution in [0.15, 0.2) is 83.2 Å². The monoisotopic (exact) mass is 346 g/mol. The van der Waals surface area contributed by atoms with Crippen LogP contribution in [0.1, 0.15) is 11.1 Å². The van der Waals surface area contributed by atoms with Crippen molar-refractivity contribution in [3.05, 3.63) is 94.3 Å². The molecule has 0 fully saturated rings. The van der Waals surface area contributed by atoms with Crippen LogP contribution in [0, 0.1) is 0 Å². The first kappa shape index (κ1) is 15.8. The van der Waals surface area contributed by atoms with E-state index < -0.39 is 7.92 Å². The van der Waals surface area contributed by atoms with Gasteiger partial charge in [0, 0.05) is 5.03 Å². The number of benzene rings is 2. The van der Waals surface area contributed by atoms with Gasteiger partial charge in [-0.25, -0.2) is 0 Å². The van der Waals surface area contributed by atoms with Gasteiger partial charge in [0.1, 0.15) is 0 Å². The SMILES string of the molecule is ClC1=C(P(Cc2ccccc2)Cc2ccccc2)C=CC1Cl. The van der Waals surface area contributed by atoms with E-state index >= 15 is 0 Å². The molecule has 3 rings (SSSR count). The Morgan fingerprint density at radius 1 is 0.818 bits per heavy atom. The zero-order valence-electron chi connectivity index (χ0n) is 12.1. The summed E-state index contributed by atoms with van der Waals surface area (Å²) in [7, 11) is -0.404. The largest absolute Gasteiger partial charge is 0.112 e. The molecular weight excluding hydrogens is 330 g/mol. The number of alkyl halides is 1. The molecule has 1 aliphatic rings. The summed E-state index contributed by atoms with van der Waals surface area (Å²) in [6.07, 6.45) is 6.18. The molecule has 112 valence electrons. The predicted octanol–water partition coefficient (Wildman–Crippen LogP) is 6.50. The first-order valence-corrected chi connectivity index (χ1v) is 9.81. The van der Waals surface area contributed by atoms with Crippen molar-refractivity contribution in [2.75, 3.05) is 0 Å². The van der Waals surface area contributed by atoms with Crippen molar-refractivity contribution < 1.29 is 0 Å². The summed E-state index contributed by atoms with van der Waals surface area (Å²) in [6, 6.07) is 21.2. The average Bonchev–Trinajstić information content (AvgIpc) is 2.88. The average molecular weight is 347 g/mol. The van der Waals surface area contributed by atoms with Gasteiger partial charge in [-0.15, -0.1) is 11.6 Å². The molecule has 0 spiro atoms. The normalized spacial score (nSPS) is 17.5. The Balaban J connectivity index is 1.87. The topological polar surface area (TPSA) is 0 Å². The Bertz CT molecular complexity index is 636. The number of allylic oxidation sites excluding steroid dienone is 4. The molecule has 0 aliphatic heterocycles. The lowest BCUT2D eigenvalue weighted by Gasteiger charge is -2.20. The maximum atomic E-state index is 6.46. The van der Waals surface area contributed by atoms with Gasteiger partial charge < -0.3 is 0 Å². The van der Waals surface area contributed by atoms with E-state index in [4.69, 9.17) is 23.2 Å². The van der Waals surface area contributed by atoms with Crippen LogP contribution in [-0.4, -0.2) is 5.38 Å². The second kappa shape index (κ2) is 7.47. The first-order chi connectivity index (χ1) is 10.7. The molecule has 0 amide bonds. The third kappa shape index (κ3) is 3.82. The fourth-order valence-corrected chi connectivity index (χ4v) is 5.83. The first-order valence-electron chi connectivity index (χ1n) is 7.29. The molecule has 1 atom stereocenters. The van der Waals surface area contributed by atoms with Crippen molar-refractivity contribution in [1.29, 1.82) is 0 Å². The standard InChI is InChI=1S/C19H17Cl2P/c20-17-11-12-18(19(17)21)22(13-15-7-3-1-4-8-15)14-16-9-5-2-6-10-16/h1-12,17H,13-14H2. The van der Waals surface area contributed by atoms with Gasteiger partial charge in [-0.05, 0) is 28.8 Å². The smallest absolute Gasteiger partial charge is 0.0882 e. The molecule has 0 saturated heterocycles. The van der Waals surface area contributed by atoms with Crippen molar-refractivity contribution in [1.82, 2.24) is 0 Å². The quantitative estimate of drug-likeness (QED) is 0.428. The maximum absolute atomic E-state index is 6.46. The molecule has 0 aromatic heterocycles. The fourth-order valence-electron chi connectivity index (χ4n) is 2.57. The number of hydrogen-bond acceptors (Lipinski definition) is 0. The maximum Gasteiger partial charge on any atom is 0.0882 e. The van der Waals surface area contributed by atoms with E-state index in [9.17, 15) is 0 Å². The van der Waals surface area contributed by atoms with Crippen LogP contribution in [0.2, 0.25) is 0 Å². The Kier molecular flexibility index (Phi) is 5.37. The van der Waals surface area contributed by atoms with Crippen LogP contribution in [0.4, 0.5) is 0 Å². The second-order valence-corrected chi connectivity index (χ2v) is 8.39. The van der Waals surface area contributed by atoms with Crippen LogP contribution in [0.25, 0.3) is 0 Å². The third-order valence-electron chi connectivity index (χ3n) is 3.68. The van der Waals surface area contributed by atoms with Gasteiger partial charge in [0.2, 0.25) is 0 Å². The second-order valence-electron chi connectivity index (χ2n) is 5.32. The fraction of sp³-hybridized carbons (Fsp3) is 0.158. The van der Waals surface area contributed by atoms with Crippen LogP contribution in [-0.2, 0) is 12.3 Å². The summed E-state index contributed by atoms with van der Waals surface area (Å²) in [5, 5.41) is 1.89. The molecule has 3 heteroatoms. The summed E-state index contributed by atoms with van der Waals surface area (Å²) in [6.45, 7) is 0. The molecule has 2 aromatic carbocycles. The van der Waals surface area contributed by atoms with Gasteiger partial charge >= 0.3 is 0 Å². The molecule has 1 aliphatic carbocycles. The molecule has 2 aromatic rings. The van der Waals surface area contributed by atoms with Crippen LogP contribution in [0.3, 0.4) is 0 Å². The lowest BCUT2D eigenvalue weighted by molar-refractivity contribution is 1.32. The van der Waals surface area contributed by atoms with E-state index in [0.717, 1.165) is 17.4 Å². The summed E-state index contributed by atoms with van der Waals surface area (Å²) in [5.41, 5.74) is 2.71. The lowest BCUT2D eigenvalue weighted by atomic mass is 10.2. The minimum Gasteiger partial charge on any atom is -0.112 e. The van der Waals surface area contributed by atoms with E-state index in [1.54, 1.807) is 0 Å². The van der Waals surface area contributed by atoms with Crippen LogP contribution >= 0.6 is 31.1 Å². The summed E-state index contributed by atoms with van der Waals surface area (Å²) in [4.78, 5) is 0. The molecule has 1 unspecified atom stereocenters. The molecule has 0 radical (unpaired) electrons. The molecular formula is C19H17Cl2P. The molecule has 0 heterocycles. The Morgan fingerprint density at radius 3 is 1.73 bits per heavy atom. The molecule has 0 saturated carbocycles. The summed E-state index contributed by atoms with van der Waals surface area (Å²) < 4.78 is 0. The zero-order chi connectivity index (χ0) is 15.4. The van der Waals surface area contributed by atoms with Gasteiger partial charge in [0.15, 0.2) is 0 Å². The minimum atomic E-state index is -0.404. The Hall–Kier alpha value is -1.07. The van der Waals surface area contributed by atoms with Crippen molar-refractivity contribution in [3.8, 4) is 0 Å². The van der Waals surface area contributed by atoms with E-state index in [2.05, 4.69) is 66.7 Å². The highest BCUT2D eigenvalue weighted by Gasteiger charge is 2.23. The Labute approximate surface area is 143 Å². The van der Waals surface area contributed by atoms with Crippen molar-refractivity contribution >= 4 is 31.1 Å². The number of halogens is 2. The van der Waals surface area contributed by atoms with E-state index in [1.807, 2.05) is 6.08 Å². The van der Waals surface area contributed by atoms with Crippen LogP contribution < -0.4 is 0 Å². The lowest BCUT2D eigenvalue weighted by Crippen LogP contribution is -1.94. The Morgan fingerprint density at radius 2 is 1.32 bits per heavy atom. The van der Waals surface area contributed by atoms with Gasteiger partial charge in [-0.1, -0.05) is 92.3 Å². The van der Waals surface area contributed by atoms with Crippen molar-refractivity contribution in [2.24, 2.45) is 0 Å². The third-order valence-corrected chi connectivity index (χ3v) is 7.29. The van der Waals surface area contributed by atoms with Crippen molar-refractivity contribution in [3.63, 3.8) is 0 Å². The van der Waals surface area contributed by atoms with Crippen molar-refractivity contribution in [2.45, 2.75) is 17.7 Å². The number of rotatable bonds is 5. The highest BCUT2D eigenvalue weighted by Crippen LogP contribution is 2.55. The molecule has 0 nitrogen and oxygen atoms in total. The molecule has 0 bridgehead atoms. The predicted molar refractivity (Wildman–Crippen MR) is 98.9 cm³/mol. The van der Waals surface area contributed by atoms with E-state index in [-0.39, 0.29) is 5.38 Å². The van der Waals surface area contributed by atoms with E-state index in [1.165, 1.54) is 16.4 Å². The van der Waals surface area contributed by atoms with Gasteiger partial charge in [0.25, 0.3) is 0 Å². The number of hydrogen-bond donors (Lipinski definition) is 0. The van der Waals surface area contributed by atoms with Crippen LogP contribution in [0.5, 0.6) is 0 Å². The highest BCUT2D eigenvalue weighted by atomic mass is 35.5. The van der Waals surface area contributed by atoms with Gasteiger partial charge in [-0.2, -0.15) is 0 Å². The molecule has 0 N–H and O–H groups in total. The molecule has 22 heavy (non-hydrogen) atoms. The van der Waals surface area contributed by atoms with Gasteiger partial charge in [-0.3, -0.25) is 0 Å². The van der Waals surface area contributed by atoms with E-state index in [0.29, 0.717) is 0 Å². The summed E-state index contributed by atoms with van der Waals surface area (Å²) >= 11 is 12.7. The highest BCUT2D eigenvalue weighted by molar-refractivity contribution is 7.61. The zero-order valence-corrected chi connectivity index (χ0v) is 14.5. The summed E-state index contributed by atoms with van der Waals surface area (Å²) in [5.74, 6) is 0. The minimum absolute atomic E-state index is 0.159. The van der Waals surface area contributed by atoms with Gasteiger partial charge in [0.05, 0.1) is 5.38 Å².